The van der Waals surface area contributed by atoms with Crippen LogP contribution in [0.3, 0.4) is 0 Å². The van der Waals surface area contributed by atoms with Gasteiger partial charge in [-0.2, -0.15) is 0 Å². The standard InChI is InChI=1S/C21H21ClN4O2/c1-4-26(16-8-6-5-7-9-16)20-13-18(23-14(2)24-20)21(27)25-17-12-15(22)10-11-19(17)28-3/h5-13H,4H2,1-3H3,(H,25,27). The van der Waals surface area contributed by atoms with Crippen molar-refractivity contribution in [1.82, 2.24) is 9.97 Å². The van der Waals surface area contributed by atoms with Crippen LogP contribution in [0.2, 0.25) is 5.02 Å². The van der Waals surface area contributed by atoms with Crippen molar-refractivity contribution < 1.29 is 9.53 Å². The number of methoxy groups -OCH3 is 1. The van der Waals surface area contributed by atoms with E-state index in [0.717, 1.165) is 5.69 Å². The molecule has 0 spiro atoms. The molecule has 28 heavy (non-hydrogen) atoms. The number of amides is 1. The molecule has 3 aromatic rings. The fourth-order valence-electron chi connectivity index (χ4n) is 2.86. The van der Waals surface area contributed by atoms with Gasteiger partial charge in [-0.1, -0.05) is 29.8 Å². The number of aromatic nitrogens is 2. The number of nitrogens with zero attached hydrogens (tertiary/aromatic N) is 3. The van der Waals surface area contributed by atoms with Gasteiger partial charge < -0.3 is 15.0 Å². The molecule has 2 aromatic carbocycles. The summed E-state index contributed by atoms with van der Waals surface area (Å²) < 4.78 is 5.28. The highest BCUT2D eigenvalue weighted by Gasteiger charge is 2.16. The predicted molar refractivity (Wildman–Crippen MR) is 112 cm³/mol. The van der Waals surface area contributed by atoms with Crippen LogP contribution in [0.5, 0.6) is 5.75 Å². The summed E-state index contributed by atoms with van der Waals surface area (Å²) in [5.74, 6) is 1.32. The van der Waals surface area contributed by atoms with Crippen molar-refractivity contribution >= 4 is 34.7 Å². The number of halogens is 1. The molecular formula is C21H21ClN4O2. The van der Waals surface area contributed by atoms with Gasteiger partial charge >= 0.3 is 0 Å². The Labute approximate surface area is 169 Å². The Morgan fingerprint density at radius 2 is 1.89 bits per heavy atom. The van der Waals surface area contributed by atoms with Crippen LogP contribution in [-0.2, 0) is 0 Å². The number of para-hydroxylation sites is 1. The van der Waals surface area contributed by atoms with Crippen LogP contribution < -0.4 is 15.0 Å². The summed E-state index contributed by atoms with van der Waals surface area (Å²) in [5, 5.41) is 3.31. The van der Waals surface area contributed by atoms with Gasteiger partial charge in [0.05, 0.1) is 12.8 Å². The summed E-state index contributed by atoms with van der Waals surface area (Å²) >= 11 is 6.04. The molecule has 0 atom stereocenters. The Morgan fingerprint density at radius 1 is 1.14 bits per heavy atom. The molecule has 0 radical (unpaired) electrons. The van der Waals surface area contributed by atoms with Crippen LogP contribution >= 0.6 is 11.6 Å². The highest BCUT2D eigenvalue weighted by Crippen LogP contribution is 2.28. The third-order valence-electron chi connectivity index (χ3n) is 4.13. The van der Waals surface area contributed by atoms with Gasteiger partial charge in [0.2, 0.25) is 0 Å². The van der Waals surface area contributed by atoms with E-state index in [2.05, 4.69) is 15.3 Å². The van der Waals surface area contributed by atoms with Crippen LogP contribution in [0.15, 0.2) is 54.6 Å². The average molecular weight is 397 g/mol. The minimum atomic E-state index is -0.364. The minimum absolute atomic E-state index is 0.263. The number of hydrogen-bond donors (Lipinski definition) is 1. The van der Waals surface area contributed by atoms with E-state index < -0.39 is 0 Å². The number of ether oxygens (including phenoxy) is 1. The van der Waals surface area contributed by atoms with Gasteiger partial charge in [0, 0.05) is 23.3 Å². The van der Waals surface area contributed by atoms with Crippen LogP contribution in [0.4, 0.5) is 17.2 Å². The van der Waals surface area contributed by atoms with E-state index in [1.807, 2.05) is 42.2 Å². The summed E-state index contributed by atoms with van der Waals surface area (Å²) in [6, 6.07) is 16.6. The molecule has 0 aliphatic rings. The highest BCUT2D eigenvalue weighted by atomic mass is 35.5. The molecule has 0 aliphatic carbocycles. The first-order valence-corrected chi connectivity index (χ1v) is 9.22. The summed E-state index contributed by atoms with van der Waals surface area (Å²) in [7, 11) is 1.53. The number of benzene rings is 2. The van der Waals surface area contributed by atoms with E-state index >= 15 is 0 Å². The van der Waals surface area contributed by atoms with E-state index in [1.165, 1.54) is 7.11 Å². The Balaban J connectivity index is 1.93. The van der Waals surface area contributed by atoms with Crippen molar-refractivity contribution in [2.75, 3.05) is 23.9 Å². The predicted octanol–water partition coefficient (Wildman–Crippen LogP) is 4.86. The smallest absolute Gasteiger partial charge is 0.274 e. The monoisotopic (exact) mass is 396 g/mol. The average Bonchev–Trinajstić information content (AvgIpc) is 2.69. The highest BCUT2D eigenvalue weighted by molar-refractivity contribution is 6.31. The zero-order valence-electron chi connectivity index (χ0n) is 15.9. The van der Waals surface area contributed by atoms with Crippen molar-refractivity contribution in [2.24, 2.45) is 0 Å². The van der Waals surface area contributed by atoms with Gasteiger partial charge in [-0.25, -0.2) is 9.97 Å². The zero-order chi connectivity index (χ0) is 20.1. The largest absolute Gasteiger partial charge is 0.495 e. The second-order valence-electron chi connectivity index (χ2n) is 6.04. The maximum absolute atomic E-state index is 12.8. The number of carbonyl (C=O) groups excluding carboxylic acids is 1. The minimum Gasteiger partial charge on any atom is -0.495 e. The van der Waals surface area contributed by atoms with E-state index in [1.54, 1.807) is 31.2 Å². The van der Waals surface area contributed by atoms with Crippen LogP contribution in [0.1, 0.15) is 23.2 Å². The number of aryl methyl sites for hydroxylation is 1. The lowest BCUT2D eigenvalue weighted by atomic mass is 10.2. The maximum atomic E-state index is 12.8. The molecule has 1 aromatic heterocycles. The first-order valence-electron chi connectivity index (χ1n) is 8.85. The fraction of sp³-hybridized carbons (Fsp3) is 0.190. The topological polar surface area (TPSA) is 67.4 Å². The lowest BCUT2D eigenvalue weighted by molar-refractivity contribution is 0.102. The first kappa shape index (κ1) is 19.6. The van der Waals surface area contributed by atoms with Crippen LogP contribution in [0, 0.1) is 6.92 Å². The molecule has 0 unspecified atom stereocenters. The van der Waals surface area contributed by atoms with Crippen LogP contribution in [-0.4, -0.2) is 29.5 Å². The summed E-state index contributed by atoms with van der Waals surface area (Å²) in [5.41, 5.74) is 1.73. The molecule has 0 bridgehead atoms. The molecule has 1 amide bonds. The second kappa shape index (κ2) is 8.71. The Kier molecular flexibility index (Phi) is 6.11. The molecule has 0 saturated heterocycles. The molecule has 7 heteroatoms. The second-order valence-corrected chi connectivity index (χ2v) is 6.47. The summed E-state index contributed by atoms with van der Waals surface area (Å²) in [6.45, 7) is 4.49. The van der Waals surface area contributed by atoms with Crippen molar-refractivity contribution in [3.63, 3.8) is 0 Å². The molecule has 6 nitrogen and oxygen atoms in total. The van der Waals surface area contributed by atoms with E-state index in [-0.39, 0.29) is 11.6 Å². The number of anilines is 3. The molecule has 144 valence electrons. The molecule has 3 rings (SSSR count). The van der Waals surface area contributed by atoms with Gasteiger partial charge in [0.25, 0.3) is 5.91 Å². The Morgan fingerprint density at radius 3 is 2.57 bits per heavy atom. The first-order chi connectivity index (χ1) is 13.5. The lowest BCUT2D eigenvalue weighted by Gasteiger charge is -2.22. The van der Waals surface area contributed by atoms with E-state index in [4.69, 9.17) is 16.3 Å². The van der Waals surface area contributed by atoms with Gasteiger partial charge in [-0.3, -0.25) is 4.79 Å². The van der Waals surface area contributed by atoms with Crippen molar-refractivity contribution in [2.45, 2.75) is 13.8 Å². The van der Waals surface area contributed by atoms with Gasteiger partial charge in [-0.15, -0.1) is 0 Å². The third kappa shape index (κ3) is 4.40. The quantitative estimate of drug-likeness (QED) is 0.644. The SMILES string of the molecule is CCN(c1ccccc1)c1cc(C(=O)Nc2cc(Cl)ccc2OC)nc(C)n1. The maximum Gasteiger partial charge on any atom is 0.274 e. The summed E-state index contributed by atoms with van der Waals surface area (Å²) in [6.07, 6.45) is 0. The number of carbonyl (C=O) groups is 1. The molecule has 0 saturated carbocycles. The van der Waals surface area contributed by atoms with Crippen molar-refractivity contribution in [3.05, 3.63) is 71.1 Å². The van der Waals surface area contributed by atoms with Crippen LogP contribution in [0.25, 0.3) is 0 Å². The summed E-state index contributed by atoms with van der Waals surface area (Å²) in [4.78, 5) is 23.6. The Bertz CT molecular complexity index is 979. The molecule has 0 aliphatic heterocycles. The molecule has 0 fully saturated rings. The lowest BCUT2D eigenvalue weighted by Crippen LogP contribution is -2.21. The zero-order valence-corrected chi connectivity index (χ0v) is 16.7. The molecule has 1 heterocycles. The number of nitrogens with one attached hydrogen (secondary N) is 1. The Hall–Kier alpha value is -3.12. The molecular weight excluding hydrogens is 376 g/mol. The van der Waals surface area contributed by atoms with Gasteiger partial charge in [0.1, 0.15) is 23.1 Å². The molecule has 1 N–H and O–H groups in total. The number of rotatable bonds is 6. The van der Waals surface area contributed by atoms with E-state index in [0.29, 0.717) is 34.6 Å². The number of hydrogen-bond acceptors (Lipinski definition) is 5. The fourth-order valence-corrected chi connectivity index (χ4v) is 3.03. The van der Waals surface area contributed by atoms with Crippen molar-refractivity contribution in [3.8, 4) is 5.75 Å². The van der Waals surface area contributed by atoms with Gasteiger partial charge in [-0.05, 0) is 44.2 Å². The normalized spacial score (nSPS) is 10.4. The van der Waals surface area contributed by atoms with E-state index in [9.17, 15) is 4.79 Å². The van der Waals surface area contributed by atoms with Gasteiger partial charge in [0.15, 0.2) is 0 Å². The van der Waals surface area contributed by atoms with Crippen molar-refractivity contribution in [1.29, 1.82) is 0 Å². The third-order valence-corrected chi connectivity index (χ3v) is 4.36.